The highest BCUT2D eigenvalue weighted by molar-refractivity contribution is 7.98. The SMILES string of the molecule is [2H]c1c(C)c([2H])c2c(=O)c([2H])c(SCc3cccc(F)c3F)n(CC(=O)N(Cc3ccc(-c4ccc(C(F)(F)F)cc4)cc3)C3CCN(CC([2H])([2H])OC)CC3)c2c1[2H]. The number of hydrogen-bond acceptors (Lipinski definition) is 5. The molecule has 1 fully saturated rings. The van der Waals surface area contributed by atoms with Crippen molar-refractivity contribution >= 4 is 28.6 Å². The Labute approximate surface area is 317 Å². The molecule has 1 saturated heterocycles. The topological polar surface area (TPSA) is 54.8 Å². The number of likely N-dealkylation sites (tertiary alicyclic amines) is 1. The maximum atomic E-state index is 14.8. The smallest absolute Gasteiger partial charge is 0.383 e. The van der Waals surface area contributed by atoms with Crippen LogP contribution in [-0.4, -0.2) is 59.6 Å². The Balaban J connectivity index is 1.39. The number of fused-ring (bicyclic) bond motifs is 1. The van der Waals surface area contributed by atoms with Crippen molar-refractivity contribution in [2.75, 3.05) is 33.3 Å². The molecule has 0 atom stereocenters. The molecule has 0 radical (unpaired) electrons. The average Bonchev–Trinajstić information content (AvgIpc) is 3.21. The number of thioether (sulfide) groups is 1. The zero-order valence-corrected chi connectivity index (χ0v) is 29.8. The summed E-state index contributed by atoms with van der Waals surface area (Å²) in [5.41, 5.74) is -0.126. The van der Waals surface area contributed by atoms with Crippen LogP contribution in [0.3, 0.4) is 0 Å². The van der Waals surface area contributed by atoms with Gasteiger partial charge in [-0.15, -0.1) is 11.8 Å². The number of ether oxygens (including phenoxy) is 1. The van der Waals surface area contributed by atoms with Crippen molar-refractivity contribution in [3.8, 4) is 11.1 Å². The normalized spacial score (nSPS) is 16.1. The second kappa shape index (κ2) is 16.7. The third kappa shape index (κ3) is 9.17. The lowest BCUT2D eigenvalue weighted by Crippen LogP contribution is -2.48. The van der Waals surface area contributed by atoms with Gasteiger partial charge in [0.2, 0.25) is 5.91 Å². The van der Waals surface area contributed by atoms with Gasteiger partial charge >= 0.3 is 6.18 Å². The van der Waals surface area contributed by atoms with E-state index in [0.717, 1.165) is 30.0 Å². The molecule has 5 aromatic rings. The molecule has 6 rings (SSSR count). The van der Waals surface area contributed by atoms with Gasteiger partial charge in [-0.2, -0.15) is 13.2 Å². The lowest BCUT2D eigenvalue weighted by atomic mass is 10.00. The fraction of sp³-hybridized carbons (Fsp3) is 0.317. The van der Waals surface area contributed by atoms with Crippen molar-refractivity contribution in [1.29, 1.82) is 0 Å². The number of carbonyl (C=O) groups is 1. The van der Waals surface area contributed by atoms with Crippen LogP contribution in [0.25, 0.3) is 22.0 Å². The Kier molecular flexibility index (Phi) is 9.71. The van der Waals surface area contributed by atoms with Gasteiger partial charge < -0.3 is 19.1 Å². The summed E-state index contributed by atoms with van der Waals surface area (Å²) >= 11 is 0.782. The quantitative estimate of drug-likeness (QED) is 0.0943. The predicted octanol–water partition coefficient (Wildman–Crippen LogP) is 8.71. The highest BCUT2D eigenvalue weighted by Gasteiger charge is 2.31. The van der Waals surface area contributed by atoms with E-state index in [1.807, 2.05) is 4.90 Å². The molecule has 1 aliphatic heterocycles. The molecule has 4 aromatic carbocycles. The van der Waals surface area contributed by atoms with Gasteiger partial charge in [-0.25, -0.2) is 8.78 Å². The molecule has 0 aliphatic carbocycles. The van der Waals surface area contributed by atoms with E-state index in [-0.39, 0.29) is 58.0 Å². The van der Waals surface area contributed by atoms with Crippen molar-refractivity contribution in [3.63, 3.8) is 0 Å². The van der Waals surface area contributed by atoms with Crippen molar-refractivity contribution in [3.05, 3.63) is 135 Å². The number of carbonyl (C=O) groups excluding carboxylic acids is 1. The number of alkyl halides is 3. The molecule has 1 amide bonds. The van der Waals surface area contributed by atoms with E-state index < -0.39 is 65.9 Å². The van der Waals surface area contributed by atoms with Gasteiger partial charge in [0, 0.05) is 62.1 Å². The largest absolute Gasteiger partial charge is 0.416 e. The first-order valence-electron chi connectivity index (χ1n) is 19.8. The number of piperidine rings is 1. The van der Waals surface area contributed by atoms with Crippen molar-refractivity contribution in [1.82, 2.24) is 14.4 Å². The number of methoxy groups -OCH3 is 1. The third-order valence-electron chi connectivity index (χ3n) is 9.17. The lowest BCUT2D eigenvalue weighted by Gasteiger charge is -2.39. The molecular weight excluding hydrogens is 710 g/mol. The van der Waals surface area contributed by atoms with E-state index in [0.29, 0.717) is 42.6 Å². The first kappa shape index (κ1) is 30.9. The third-order valence-corrected chi connectivity index (χ3v) is 10.2. The van der Waals surface area contributed by atoms with E-state index in [2.05, 4.69) is 0 Å². The van der Waals surface area contributed by atoms with Crippen LogP contribution >= 0.6 is 11.8 Å². The molecule has 0 saturated carbocycles. The standard InChI is InChI=1S/C41H40F5N3O3S/c1-27-6-15-36-34(22-27)37(50)23-39(53-26-31-4-3-5-35(42)40(31)43)49(36)25-38(51)48(33-16-18-47(19-17-33)20-21-52-2)24-28-7-9-29(10-8-28)30-11-13-32(14-12-30)41(44,45)46/h3-15,22-23,33H,16-21,24-26H2,1-2H3/i6D,15D,21D2,22D,23D. The Hall–Kier alpha value is -4.52. The summed E-state index contributed by atoms with van der Waals surface area (Å²) in [6.45, 7) is -0.219. The zero-order valence-electron chi connectivity index (χ0n) is 34.9. The Morgan fingerprint density at radius 2 is 1.68 bits per heavy atom. The van der Waals surface area contributed by atoms with Crippen LogP contribution in [0.2, 0.25) is 0 Å². The molecule has 0 unspecified atom stereocenters. The number of benzene rings is 4. The highest BCUT2D eigenvalue weighted by Crippen LogP contribution is 2.32. The molecule has 1 aromatic heterocycles. The zero-order chi connectivity index (χ0) is 43.0. The number of aromatic nitrogens is 1. The second-order valence-corrected chi connectivity index (χ2v) is 13.7. The van der Waals surface area contributed by atoms with Crippen LogP contribution in [0.15, 0.2) is 101 Å². The maximum absolute atomic E-state index is 14.8. The minimum atomic E-state index is -4.49. The maximum Gasteiger partial charge on any atom is 0.416 e. The van der Waals surface area contributed by atoms with E-state index in [1.165, 1.54) is 42.9 Å². The molecule has 278 valence electrons. The summed E-state index contributed by atoms with van der Waals surface area (Å²) in [6.07, 6.45) is -3.65. The van der Waals surface area contributed by atoms with Gasteiger partial charge in [-0.05, 0) is 66.7 Å². The van der Waals surface area contributed by atoms with Gasteiger partial charge in [-0.1, -0.05) is 60.1 Å². The molecule has 6 nitrogen and oxygen atoms in total. The highest BCUT2D eigenvalue weighted by atomic mass is 32.2. The second-order valence-electron chi connectivity index (χ2n) is 12.7. The summed E-state index contributed by atoms with van der Waals surface area (Å²) in [7, 11) is 1.27. The van der Waals surface area contributed by atoms with Gasteiger partial charge in [0.15, 0.2) is 17.1 Å². The molecule has 53 heavy (non-hydrogen) atoms. The van der Waals surface area contributed by atoms with Crippen LogP contribution < -0.4 is 5.43 Å². The summed E-state index contributed by atoms with van der Waals surface area (Å²) in [5.74, 6) is -3.02. The monoisotopic (exact) mass is 755 g/mol. The van der Waals surface area contributed by atoms with Crippen molar-refractivity contribution in [2.24, 2.45) is 0 Å². The predicted molar refractivity (Wildman–Crippen MR) is 198 cm³/mol. The first-order chi connectivity index (χ1) is 27.8. The molecule has 0 spiro atoms. The van der Waals surface area contributed by atoms with E-state index in [1.54, 1.807) is 29.2 Å². The van der Waals surface area contributed by atoms with Crippen LogP contribution in [0.5, 0.6) is 0 Å². The number of rotatable bonds is 12. The molecule has 2 heterocycles. The average molecular weight is 756 g/mol. The van der Waals surface area contributed by atoms with Gasteiger partial charge in [-0.3, -0.25) is 9.59 Å². The summed E-state index contributed by atoms with van der Waals surface area (Å²) in [5, 5.41) is -0.471. The lowest BCUT2D eigenvalue weighted by molar-refractivity contribution is -0.137. The van der Waals surface area contributed by atoms with Gasteiger partial charge in [0.05, 0.1) is 30.9 Å². The number of nitrogens with zero attached hydrogens (tertiary/aromatic N) is 3. The summed E-state index contributed by atoms with van der Waals surface area (Å²) in [6, 6.07) is 13.0. The van der Waals surface area contributed by atoms with Gasteiger partial charge in [0.25, 0.3) is 0 Å². The summed E-state index contributed by atoms with van der Waals surface area (Å²) < 4.78 is 126. The summed E-state index contributed by atoms with van der Waals surface area (Å²) in [4.78, 5) is 32.0. The number of pyridine rings is 1. The van der Waals surface area contributed by atoms with Crippen molar-refractivity contribution < 1.29 is 39.7 Å². The molecule has 0 N–H and O–H groups in total. The minimum absolute atomic E-state index is 0.00561. The van der Waals surface area contributed by atoms with E-state index >= 15 is 0 Å². The molecular formula is C41H40F5N3O3S. The first-order valence-corrected chi connectivity index (χ1v) is 17.8. The minimum Gasteiger partial charge on any atom is -0.383 e. The Bertz CT molecular complexity index is 2430. The fourth-order valence-electron chi connectivity index (χ4n) is 6.30. The molecule has 12 heteroatoms. The van der Waals surface area contributed by atoms with Crippen LogP contribution in [-0.2, 0) is 34.6 Å². The van der Waals surface area contributed by atoms with Crippen LogP contribution in [0, 0.1) is 18.6 Å². The Morgan fingerprint density at radius 1 is 1.00 bits per heavy atom. The fourth-order valence-corrected chi connectivity index (χ4v) is 7.29. The van der Waals surface area contributed by atoms with Crippen LogP contribution in [0.4, 0.5) is 22.0 Å². The Morgan fingerprint density at radius 3 is 2.34 bits per heavy atom. The van der Waals surface area contributed by atoms with Gasteiger partial charge in [0.1, 0.15) is 6.54 Å². The van der Waals surface area contributed by atoms with E-state index in [9.17, 15) is 31.5 Å². The number of amides is 1. The van der Waals surface area contributed by atoms with Crippen molar-refractivity contribution in [2.45, 2.75) is 55.9 Å². The number of hydrogen-bond donors (Lipinski definition) is 0. The number of halogens is 5. The van der Waals surface area contributed by atoms with Crippen LogP contribution in [0.1, 0.15) is 43.3 Å². The van der Waals surface area contributed by atoms with E-state index in [4.69, 9.17) is 13.0 Å². The molecule has 1 aliphatic rings. The molecule has 0 bridgehead atoms.